The molecule has 0 fully saturated rings. The molecule has 0 bridgehead atoms. The number of nitrogens with two attached hydrogens (primary N) is 2. The first-order chi connectivity index (χ1) is 7.97. The van der Waals surface area contributed by atoms with E-state index in [1.165, 1.54) is 6.21 Å². The second kappa shape index (κ2) is 11.3. The van der Waals surface area contributed by atoms with Gasteiger partial charge >= 0.3 is 0 Å². The van der Waals surface area contributed by atoms with E-state index in [9.17, 15) is 0 Å². The Kier molecular flexibility index (Phi) is 12.2. The predicted octanol–water partition coefficient (Wildman–Crippen LogP) is -0.583. The summed E-state index contributed by atoms with van der Waals surface area (Å²) < 4.78 is 5.36. The molecule has 0 saturated heterocycles. The maximum absolute atomic E-state index is 5.36. The molecule has 0 rings (SSSR count). The van der Waals surface area contributed by atoms with Crippen LogP contribution in [0.2, 0.25) is 0 Å². The van der Waals surface area contributed by atoms with Crippen LogP contribution in [0.1, 0.15) is 13.8 Å². The Morgan fingerprint density at radius 1 is 1.33 bits per heavy atom. The number of nitrogens with one attached hydrogen (secondary N) is 2. The molecule has 0 aliphatic rings. The average molecular weight is 335 g/mol. The van der Waals surface area contributed by atoms with Gasteiger partial charge in [-0.3, -0.25) is 10.9 Å². The molecule has 6 N–H and O–H groups in total. The van der Waals surface area contributed by atoms with E-state index >= 15 is 0 Å². The monoisotopic (exact) mass is 334 g/mol. The van der Waals surface area contributed by atoms with E-state index in [2.05, 4.69) is 45.5 Å². The van der Waals surface area contributed by atoms with Crippen LogP contribution in [0.15, 0.2) is 10.2 Å². The van der Waals surface area contributed by atoms with Gasteiger partial charge in [0, 0.05) is 23.1 Å². The van der Waals surface area contributed by atoms with Crippen molar-refractivity contribution >= 4 is 46.6 Å². The van der Waals surface area contributed by atoms with Crippen LogP contribution < -0.4 is 22.3 Å². The first-order valence-corrected chi connectivity index (χ1v) is 5.62. The summed E-state index contributed by atoms with van der Waals surface area (Å²) in [5.74, 6) is 0. The Morgan fingerprint density at radius 2 is 1.89 bits per heavy atom. The molecule has 0 saturated carbocycles. The molecule has 0 aliphatic heterocycles. The molecule has 106 valence electrons. The first kappa shape index (κ1) is 19.5. The third kappa shape index (κ3) is 10.3. The molecule has 10 heteroatoms. The van der Waals surface area contributed by atoms with Crippen molar-refractivity contribution in [2.75, 3.05) is 6.61 Å². The third-order valence-corrected chi connectivity index (χ3v) is 1.68. The molecule has 7 nitrogen and oxygen atoms in total. The number of thiocarbonyl (C=S) groups is 2. The third-order valence-electron chi connectivity index (χ3n) is 1.50. The van der Waals surface area contributed by atoms with Crippen LogP contribution in [0.4, 0.5) is 0 Å². The summed E-state index contributed by atoms with van der Waals surface area (Å²) in [5, 5.41) is 7.84. The quantitative estimate of drug-likeness (QED) is 0.222. The summed E-state index contributed by atoms with van der Waals surface area (Å²) in [4.78, 5) is 0. The molecule has 0 heterocycles. The normalized spacial score (nSPS) is 12.7. The summed E-state index contributed by atoms with van der Waals surface area (Å²) in [6.45, 7) is 4.24. The van der Waals surface area contributed by atoms with Gasteiger partial charge in [0.2, 0.25) is 0 Å². The van der Waals surface area contributed by atoms with Crippen LogP contribution in [0.25, 0.3) is 0 Å². The van der Waals surface area contributed by atoms with E-state index in [1.54, 1.807) is 0 Å². The molecule has 1 atom stereocenters. The molecule has 0 amide bonds. The van der Waals surface area contributed by atoms with Crippen LogP contribution in [0.3, 0.4) is 0 Å². The number of rotatable bonds is 6. The Morgan fingerprint density at radius 3 is 2.33 bits per heavy atom. The van der Waals surface area contributed by atoms with Gasteiger partial charge in [-0.15, -0.1) is 0 Å². The topological polar surface area (TPSA) is 110 Å². The van der Waals surface area contributed by atoms with Gasteiger partial charge in [-0.2, -0.15) is 10.2 Å². The van der Waals surface area contributed by atoms with Crippen molar-refractivity contribution in [3.8, 4) is 0 Å². The van der Waals surface area contributed by atoms with E-state index in [-0.39, 0.29) is 32.8 Å². The van der Waals surface area contributed by atoms with E-state index in [1.807, 2.05) is 13.8 Å². The Hall–Kier alpha value is -0.826. The van der Waals surface area contributed by atoms with Crippen molar-refractivity contribution in [3.63, 3.8) is 0 Å². The molecule has 0 spiro atoms. The molecule has 1 unspecified atom stereocenters. The molecule has 0 aliphatic carbocycles. The summed E-state index contributed by atoms with van der Waals surface area (Å²) >= 11 is 9.23. The van der Waals surface area contributed by atoms with Crippen molar-refractivity contribution in [2.24, 2.45) is 21.7 Å². The molecule has 0 aromatic rings. The number of hydrazone groups is 2. The first-order valence-electron chi connectivity index (χ1n) is 4.80. The summed E-state index contributed by atoms with van der Waals surface area (Å²) in [6, 6.07) is 0. The number of hydrogen-bond donors (Lipinski definition) is 4. The average Bonchev–Trinajstić information content (AvgIpc) is 2.22. The maximum Gasteiger partial charge on any atom is 0.184 e. The largest absolute Gasteiger partial charge is 0.375 e. The Labute approximate surface area is 127 Å². The van der Waals surface area contributed by atoms with Crippen molar-refractivity contribution in [3.05, 3.63) is 0 Å². The van der Waals surface area contributed by atoms with Crippen LogP contribution in [0.5, 0.6) is 0 Å². The number of hydrogen-bond acceptors (Lipinski definition) is 5. The van der Waals surface area contributed by atoms with E-state index in [0.717, 1.165) is 0 Å². The van der Waals surface area contributed by atoms with Crippen molar-refractivity contribution in [1.82, 2.24) is 10.9 Å². The second-order valence-corrected chi connectivity index (χ2v) is 3.72. The molecule has 0 radical (unpaired) electrons. The fraction of sp³-hybridized carbons (Fsp3) is 0.500. The van der Waals surface area contributed by atoms with Crippen molar-refractivity contribution in [2.45, 2.75) is 20.0 Å². The zero-order chi connectivity index (χ0) is 13.3. The fourth-order valence-electron chi connectivity index (χ4n) is 0.842. The second-order valence-electron chi connectivity index (χ2n) is 2.84. The summed E-state index contributed by atoms with van der Waals surface area (Å²) in [7, 11) is 0. The number of ether oxygens (including phenoxy) is 1. The van der Waals surface area contributed by atoms with Crippen LogP contribution >= 0.6 is 24.4 Å². The van der Waals surface area contributed by atoms with Crippen LogP contribution in [0, 0.1) is 0 Å². The minimum atomic E-state index is -0.265. The van der Waals surface area contributed by atoms with Crippen molar-refractivity contribution < 1.29 is 21.2 Å². The zero-order valence-corrected chi connectivity index (χ0v) is 12.6. The summed E-state index contributed by atoms with van der Waals surface area (Å²) in [5.41, 5.74) is 15.8. The Bertz CT molecular complexity index is 336. The smallest absolute Gasteiger partial charge is 0.184 e. The number of nitrogens with zero attached hydrogens (tertiary/aromatic N) is 2. The SMILES string of the molecule is CCOC(C)C(C=NNC(N)=S)=NNC(N)=S.[Ni]. The molecular weight excluding hydrogens is 319 g/mol. The molecule has 0 aromatic heterocycles. The van der Waals surface area contributed by atoms with Gasteiger partial charge in [-0.05, 0) is 38.3 Å². The van der Waals surface area contributed by atoms with Gasteiger partial charge < -0.3 is 16.2 Å². The fourth-order valence-corrected chi connectivity index (χ4v) is 0.940. The maximum atomic E-state index is 5.36. The zero-order valence-electron chi connectivity index (χ0n) is 9.95. The van der Waals surface area contributed by atoms with E-state index in [0.29, 0.717) is 12.3 Å². The van der Waals surface area contributed by atoms with E-state index in [4.69, 9.17) is 16.2 Å². The van der Waals surface area contributed by atoms with E-state index < -0.39 is 0 Å². The standard InChI is InChI=1S/C8H16N6OS2.Ni/c1-3-15-5(2)6(12-14-8(10)17)4-11-13-7(9)16;/h4-5H,3H2,1-2H3,(H3,9,13,16)(H3,10,14,17);. The van der Waals surface area contributed by atoms with Gasteiger partial charge in [0.25, 0.3) is 0 Å². The van der Waals surface area contributed by atoms with Crippen LogP contribution in [-0.2, 0) is 21.2 Å². The minimum absolute atomic E-state index is 0. The van der Waals surface area contributed by atoms with Gasteiger partial charge in [0.1, 0.15) is 11.8 Å². The van der Waals surface area contributed by atoms with Gasteiger partial charge in [0.15, 0.2) is 10.2 Å². The van der Waals surface area contributed by atoms with Gasteiger partial charge in [-0.25, -0.2) is 0 Å². The van der Waals surface area contributed by atoms with Crippen molar-refractivity contribution in [1.29, 1.82) is 0 Å². The Balaban J connectivity index is 0. The molecular formula is C8H16N6NiOS2. The molecule has 18 heavy (non-hydrogen) atoms. The van der Waals surface area contributed by atoms with Crippen LogP contribution in [-0.4, -0.2) is 34.9 Å². The van der Waals surface area contributed by atoms with Gasteiger partial charge in [-0.1, -0.05) is 0 Å². The summed E-state index contributed by atoms with van der Waals surface area (Å²) in [6.07, 6.45) is 1.16. The minimum Gasteiger partial charge on any atom is -0.375 e. The van der Waals surface area contributed by atoms with Gasteiger partial charge in [0.05, 0.1) is 6.21 Å². The molecule has 0 aromatic carbocycles. The predicted molar refractivity (Wildman–Crippen MR) is 76.9 cm³/mol.